The summed E-state index contributed by atoms with van der Waals surface area (Å²) in [6, 6.07) is 0.405. The molecule has 1 saturated carbocycles. The first-order valence-corrected chi connectivity index (χ1v) is 7.01. The molecule has 1 aliphatic carbocycles. The van der Waals surface area contributed by atoms with Crippen LogP contribution < -0.4 is 5.32 Å². The fourth-order valence-corrected chi connectivity index (χ4v) is 2.75. The van der Waals surface area contributed by atoms with Gasteiger partial charge in [0.25, 0.3) is 0 Å². The second-order valence-corrected chi connectivity index (χ2v) is 5.60. The van der Waals surface area contributed by atoms with Crippen LogP contribution in [0, 0.1) is 0 Å². The molecular formula is C13H22N2O3. The summed E-state index contributed by atoms with van der Waals surface area (Å²) in [4.78, 5) is 14.2. The summed E-state index contributed by atoms with van der Waals surface area (Å²) in [6.07, 6.45) is 4.02. The summed E-state index contributed by atoms with van der Waals surface area (Å²) in [6.45, 7) is 5.15. The molecule has 2 heterocycles. The summed E-state index contributed by atoms with van der Waals surface area (Å²) in [7, 11) is 0. The van der Waals surface area contributed by atoms with Gasteiger partial charge >= 0.3 is 0 Å². The van der Waals surface area contributed by atoms with Gasteiger partial charge in [-0.05, 0) is 19.8 Å². The Bertz CT molecular complexity index is 314. The molecule has 1 spiro atoms. The van der Waals surface area contributed by atoms with E-state index in [9.17, 15) is 4.79 Å². The van der Waals surface area contributed by atoms with Crippen LogP contribution in [-0.2, 0) is 14.3 Å². The van der Waals surface area contributed by atoms with E-state index in [2.05, 4.69) is 10.2 Å². The second-order valence-electron chi connectivity index (χ2n) is 5.60. The molecule has 1 amide bonds. The van der Waals surface area contributed by atoms with Crippen LogP contribution in [0.15, 0.2) is 0 Å². The van der Waals surface area contributed by atoms with E-state index >= 15 is 0 Å². The molecule has 2 saturated heterocycles. The molecule has 2 aliphatic heterocycles. The van der Waals surface area contributed by atoms with Gasteiger partial charge in [0.15, 0.2) is 5.79 Å². The fourth-order valence-electron chi connectivity index (χ4n) is 2.75. The predicted molar refractivity (Wildman–Crippen MR) is 66.1 cm³/mol. The Morgan fingerprint density at radius 3 is 2.44 bits per heavy atom. The van der Waals surface area contributed by atoms with Crippen LogP contribution in [0.25, 0.3) is 0 Å². The highest BCUT2D eigenvalue weighted by atomic mass is 16.7. The van der Waals surface area contributed by atoms with Crippen molar-refractivity contribution in [3.63, 3.8) is 0 Å². The monoisotopic (exact) mass is 254 g/mol. The van der Waals surface area contributed by atoms with Gasteiger partial charge in [-0.15, -0.1) is 0 Å². The Balaban J connectivity index is 1.50. The largest absolute Gasteiger partial charge is 0.352 e. The van der Waals surface area contributed by atoms with E-state index < -0.39 is 0 Å². The highest BCUT2D eigenvalue weighted by molar-refractivity contribution is 5.81. The Labute approximate surface area is 108 Å². The molecule has 3 fully saturated rings. The summed E-state index contributed by atoms with van der Waals surface area (Å²) in [5.41, 5.74) is 0. The lowest BCUT2D eigenvalue weighted by Crippen LogP contribution is -2.52. The van der Waals surface area contributed by atoms with Gasteiger partial charge in [-0.1, -0.05) is 0 Å². The van der Waals surface area contributed by atoms with E-state index in [1.807, 2.05) is 6.92 Å². The van der Waals surface area contributed by atoms with Crippen LogP contribution in [0.3, 0.4) is 0 Å². The van der Waals surface area contributed by atoms with Crippen molar-refractivity contribution >= 4 is 5.91 Å². The minimum absolute atomic E-state index is 0.0376. The van der Waals surface area contributed by atoms with Crippen LogP contribution in [0.1, 0.15) is 32.6 Å². The molecule has 0 aromatic rings. The molecule has 1 unspecified atom stereocenters. The third-order valence-corrected chi connectivity index (χ3v) is 4.22. The van der Waals surface area contributed by atoms with E-state index in [4.69, 9.17) is 9.47 Å². The lowest BCUT2D eigenvalue weighted by atomic mass is 10.0. The molecule has 0 aromatic heterocycles. The zero-order chi connectivity index (χ0) is 12.6. The number of ether oxygens (including phenoxy) is 2. The first-order chi connectivity index (χ1) is 8.69. The van der Waals surface area contributed by atoms with Crippen molar-refractivity contribution in [1.82, 2.24) is 10.2 Å². The van der Waals surface area contributed by atoms with Crippen LogP contribution in [0.2, 0.25) is 0 Å². The zero-order valence-electron chi connectivity index (χ0n) is 11.0. The van der Waals surface area contributed by atoms with Crippen LogP contribution in [-0.4, -0.2) is 55.0 Å². The van der Waals surface area contributed by atoms with Crippen molar-refractivity contribution in [2.75, 3.05) is 26.3 Å². The van der Waals surface area contributed by atoms with E-state index in [0.29, 0.717) is 19.3 Å². The zero-order valence-corrected chi connectivity index (χ0v) is 11.0. The molecule has 0 radical (unpaired) electrons. The van der Waals surface area contributed by atoms with E-state index in [1.165, 1.54) is 0 Å². The topological polar surface area (TPSA) is 50.8 Å². The molecule has 1 N–H and O–H groups in total. The van der Waals surface area contributed by atoms with Crippen LogP contribution in [0.4, 0.5) is 0 Å². The Hall–Kier alpha value is -0.650. The van der Waals surface area contributed by atoms with Crippen LogP contribution >= 0.6 is 0 Å². The standard InChI is InChI=1S/C13H22N2O3/c1-10(12(16)14-11-2-3-11)15-6-4-13(5-7-15)17-8-9-18-13/h10-11H,2-9H2,1H3,(H,14,16). The maximum absolute atomic E-state index is 12.0. The summed E-state index contributed by atoms with van der Waals surface area (Å²) in [5.74, 6) is -0.176. The van der Waals surface area contributed by atoms with Crippen LogP contribution in [0.5, 0.6) is 0 Å². The fraction of sp³-hybridized carbons (Fsp3) is 0.923. The molecule has 5 heteroatoms. The average molecular weight is 254 g/mol. The van der Waals surface area contributed by atoms with E-state index in [-0.39, 0.29) is 17.7 Å². The lowest BCUT2D eigenvalue weighted by molar-refractivity contribution is -0.188. The minimum atomic E-state index is -0.344. The highest BCUT2D eigenvalue weighted by Crippen LogP contribution is 2.32. The summed E-state index contributed by atoms with van der Waals surface area (Å²) >= 11 is 0. The maximum atomic E-state index is 12.0. The molecule has 1 atom stereocenters. The van der Waals surface area contributed by atoms with Gasteiger partial charge in [-0.25, -0.2) is 0 Å². The van der Waals surface area contributed by atoms with Crippen molar-refractivity contribution in [2.45, 2.75) is 50.5 Å². The number of carbonyl (C=O) groups excluding carboxylic acids is 1. The summed E-state index contributed by atoms with van der Waals surface area (Å²) < 4.78 is 11.4. The molecule has 0 bridgehead atoms. The molecule has 3 aliphatic rings. The molecular weight excluding hydrogens is 232 g/mol. The average Bonchev–Trinajstić information content (AvgIpc) is 3.09. The minimum Gasteiger partial charge on any atom is -0.352 e. The number of likely N-dealkylation sites (tertiary alicyclic amines) is 1. The van der Waals surface area contributed by atoms with Gasteiger partial charge in [0.05, 0.1) is 19.3 Å². The van der Waals surface area contributed by atoms with Gasteiger partial charge in [0.2, 0.25) is 5.91 Å². The van der Waals surface area contributed by atoms with E-state index in [1.54, 1.807) is 0 Å². The molecule has 5 nitrogen and oxygen atoms in total. The number of nitrogens with zero attached hydrogens (tertiary/aromatic N) is 1. The van der Waals surface area contributed by atoms with Crippen molar-refractivity contribution < 1.29 is 14.3 Å². The van der Waals surface area contributed by atoms with Crippen molar-refractivity contribution in [3.05, 3.63) is 0 Å². The quantitative estimate of drug-likeness (QED) is 0.796. The second kappa shape index (κ2) is 4.79. The molecule has 3 rings (SSSR count). The molecule has 0 aromatic carbocycles. The van der Waals surface area contributed by atoms with Gasteiger partial charge in [-0.3, -0.25) is 9.69 Å². The smallest absolute Gasteiger partial charge is 0.237 e. The first kappa shape index (κ1) is 12.4. The molecule has 102 valence electrons. The Morgan fingerprint density at radius 2 is 1.89 bits per heavy atom. The third-order valence-electron chi connectivity index (χ3n) is 4.22. The number of nitrogens with one attached hydrogen (secondary N) is 1. The number of carbonyl (C=O) groups is 1. The van der Waals surface area contributed by atoms with Gasteiger partial charge in [0.1, 0.15) is 0 Å². The number of hydrogen-bond acceptors (Lipinski definition) is 4. The lowest BCUT2D eigenvalue weighted by Gasteiger charge is -2.39. The number of piperidine rings is 1. The van der Waals surface area contributed by atoms with Crippen molar-refractivity contribution in [3.8, 4) is 0 Å². The highest BCUT2D eigenvalue weighted by Gasteiger charge is 2.41. The van der Waals surface area contributed by atoms with Gasteiger partial charge in [0, 0.05) is 32.0 Å². The third kappa shape index (κ3) is 2.53. The normalized spacial score (nSPS) is 29.4. The first-order valence-electron chi connectivity index (χ1n) is 7.01. The predicted octanol–water partition coefficient (Wildman–Crippen LogP) is 0.492. The Morgan fingerprint density at radius 1 is 1.28 bits per heavy atom. The Kier molecular flexibility index (Phi) is 3.30. The SMILES string of the molecule is CC(C(=O)NC1CC1)N1CCC2(CC1)OCCO2. The number of amides is 1. The van der Waals surface area contributed by atoms with Crippen molar-refractivity contribution in [2.24, 2.45) is 0 Å². The molecule has 18 heavy (non-hydrogen) atoms. The maximum Gasteiger partial charge on any atom is 0.237 e. The van der Waals surface area contributed by atoms with Gasteiger partial charge < -0.3 is 14.8 Å². The van der Waals surface area contributed by atoms with Gasteiger partial charge in [-0.2, -0.15) is 0 Å². The van der Waals surface area contributed by atoms with Crippen molar-refractivity contribution in [1.29, 1.82) is 0 Å². The van der Waals surface area contributed by atoms with E-state index in [0.717, 1.165) is 38.8 Å². The summed E-state index contributed by atoms with van der Waals surface area (Å²) in [5, 5.41) is 3.07. The number of rotatable bonds is 3. The number of hydrogen-bond donors (Lipinski definition) is 1.